The molecule has 0 aliphatic carbocycles. The van der Waals surface area contributed by atoms with Crippen molar-refractivity contribution in [1.82, 2.24) is 4.90 Å². The Morgan fingerprint density at radius 3 is 2.81 bits per heavy atom. The Kier molecular flexibility index (Phi) is 8.47. The molecule has 0 spiro atoms. The van der Waals surface area contributed by atoms with Crippen molar-refractivity contribution >= 4 is 5.97 Å². The number of methoxy groups -OCH3 is 1. The van der Waals surface area contributed by atoms with E-state index in [0.29, 0.717) is 19.6 Å². The molecular weight excluding hydrogens is 268 g/mol. The van der Waals surface area contributed by atoms with Gasteiger partial charge in [-0.25, -0.2) is 0 Å². The van der Waals surface area contributed by atoms with Crippen molar-refractivity contribution in [2.24, 2.45) is 5.73 Å². The van der Waals surface area contributed by atoms with Gasteiger partial charge in [-0.05, 0) is 30.7 Å². The first-order valence-electron chi connectivity index (χ1n) is 7.40. The second-order valence-corrected chi connectivity index (χ2v) is 4.81. The topological polar surface area (TPSA) is 64.8 Å². The molecule has 21 heavy (non-hydrogen) atoms. The maximum absolute atomic E-state index is 11.1. The maximum Gasteiger partial charge on any atom is 0.306 e. The molecule has 0 unspecified atom stereocenters. The second-order valence-electron chi connectivity index (χ2n) is 4.81. The van der Waals surface area contributed by atoms with Gasteiger partial charge in [-0.15, -0.1) is 0 Å². The standard InChI is InChI=1S/C16H26N2O3/c1-3-18(10-8-16(19)20-2)9-5-11-21-15-7-4-6-14(12-15)13-17/h4,6-7,12H,3,5,8-11,13,17H2,1-2H3. The Morgan fingerprint density at radius 2 is 2.14 bits per heavy atom. The first-order chi connectivity index (χ1) is 10.2. The Balaban J connectivity index is 2.23. The van der Waals surface area contributed by atoms with Crippen molar-refractivity contribution in [3.05, 3.63) is 29.8 Å². The average molecular weight is 294 g/mol. The number of carbonyl (C=O) groups is 1. The summed E-state index contributed by atoms with van der Waals surface area (Å²) in [5.41, 5.74) is 6.67. The monoisotopic (exact) mass is 294 g/mol. The van der Waals surface area contributed by atoms with Crippen molar-refractivity contribution in [2.45, 2.75) is 26.3 Å². The van der Waals surface area contributed by atoms with E-state index in [1.54, 1.807) is 0 Å². The highest BCUT2D eigenvalue weighted by atomic mass is 16.5. The molecule has 0 saturated heterocycles. The Bertz CT molecular complexity index is 424. The van der Waals surface area contributed by atoms with Crippen LogP contribution in [0.25, 0.3) is 0 Å². The fourth-order valence-corrected chi connectivity index (χ4v) is 2.02. The molecule has 0 atom stereocenters. The zero-order valence-electron chi connectivity index (χ0n) is 13.0. The van der Waals surface area contributed by atoms with E-state index in [1.807, 2.05) is 24.3 Å². The smallest absolute Gasteiger partial charge is 0.306 e. The molecule has 0 heterocycles. The highest BCUT2D eigenvalue weighted by Gasteiger charge is 2.06. The number of nitrogens with zero attached hydrogens (tertiary/aromatic N) is 1. The van der Waals surface area contributed by atoms with E-state index in [2.05, 4.69) is 16.6 Å². The highest BCUT2D eigenvalue weighted by molar-refractivity contribution is 5.69. The predicted molar refractivity (Wildman–Crippen MR) is 83.2 cm³/mol. The van der Waals surface area contributed by atoms with Crippen LogP contribution in [0.1, 0.15) is 25.3 Å². The van der Waals surface area contributed by atoms with Gasteiger partial charge in [0.2, 0.25) is 0 Å². The van der Waals surface area contributed by atoms with Gasteiger partial charge in [0.25, 0.3) is 0 Å². The maximum atomic E-state index is 11.1. The van der Waals surface area contributed by atoms with Crippen molar-refractivity contribution in [3.8, 4) is 5.75 Å². The van der Waals surface area contributed by atoms with Gasteiger partial charge in [-0.3, -0.25) is 4.79 Å². The van der Waals surface area contributed by atoms with Crippen LogP contribution < -0.4 is 10.5 Å². The molecule has 0 aromatic heterocycles. The minimum Gasteiger partial charge on any atom is -0.494 e. The first kappa shape index (κ1) is 17.5. The third-order valence-electron chi connectivity index (χ3n) is 3.33. The zero-order chi connectivity index (χ0) is 15.5. The molecule has 0 fully saturated rings. The molecule has 0 radical (unpaired) electrons. The molecule has 2 N–H and O–H groups in total. The molecule has 0 aliphatic heterocycles. The fraction of sp³-hybridized carbons (Fsp3) is 0.562. The summed E-state index contributed by atoms with van der Waals surface area (Å²) in [7, 11) is 1.42. The molecule has 5 nitrogen and oxygen atoms in total. The number of rotatable bonds is 10. The van der Waals surface area contributed by atoms with Crippen LogP contribution >= 0.6 is 0 Å². The minimum absolute atomic E-state index is 0.164. The molecule has 1 aromatic carbocycles. The molecule has 0 amide bonds. The minimum atomic E-state index is -0.164. The van der Waals surface area contributed by atoms with Crippen LogP contribution in [-0.4, -0.2) is 44.2 Å². The molecule has 0 aliphatic rings. The Labute approximate surface area is 127 Å². The number of benzene rings is 1. The van der Waals surface area contributed by atoms with Crippen LogP contribution in [0.2, 0.25) is 0 Å². The van der Waals surface area contributed by atoms with Crippen LogP contribution in [0.15, 0.2) is 24.3 Å². The van der Waals surface area contributed by atoms with E-state index >= 15 is 0 Å². The number of hydrogen-bond donors (Lipinski definition) is 1. The van der Waals surface area contributed by atoms with Crippen molar-refractivity contribution < 1.29 is 14.3 Å². The van der Waals surface area contributed by atoms with Crippen LogP contribution in [0.4, 0.5) is 0 Å². The SMILES string of the molecule is CCN(CCCOc1cccc(CN)c1)CCC(=O)OC. The fourth-order valence-electron chi connectivity index (χ4n) is 2.02. The molecule has 0 bridgehead atoms. The van der Waals surface area contributed by atoms with Crippen LogP contribution in [0.5, 0.6) is 5.75 Å². The van der Waals surface area contributed by atoms with E-state index < -0.39 is 0 Å². The summed E-state index contributed by atoms with van der Waals surface area (Å²) >= 11 is 0. The summed E-state index contributed by atoms with van der Waals surface area (Å²) in [4.78, 5) is 13.3. The predicted octanol–water partition coefficient (Wildman–Crippen LogP) is 1.80. The van der Waals surface area contributed by atoms with Gasteiger partial charge in [0.15, 0.2) is 0 Å². The van der Waals surface area contributed by atoms with Gasteiger partial charge >= 0.3 is 5.97 Å². The van der Waals surface area contributed by atoms with E-state index in [4.69, 9.17) is 10.5 Å². The lowest BCUT2D eigenvalue weighted by atomic mass is 10.2. The molecular formula is C16H26N2O3. The summed E-state index contributed by atoms with van der Waals surface area (Å²) in [5, 5.41) is 0. The molecule has 118 valence electrons. The average Bonchev–Trinajstić information content (AvgIpc) is 2.54. The van der Waals surface area contributed by atoms with Gasteiger partial charge in [-0.2, -0.15) is 0 Å². The summed E-state index contributed by atoms with van der Waals surface area (Å²) in [6, 6.07) is 7.84. The van der Waals surface area contributed by atoms with Crippen molar-refractivity contribution in [3.63, 3.8) is 0 Å². The quantitative estimate of drug-likeness (QED) is 0.526. The molecule has 1 aromatic rings. The van der Waals surface area contributed by atoms with Crippen LogP contribution in [0, 0.1) is 0 Å². The van der Waals surface area contributed by atoms with Gasteiger partial charge in [0.05, 0.1) is 20.1 Å². The third-order valence-corrected chi connectivity index (χ3v) is 3.33. The van der Waals surface area contributed by atoms with Gasteiger partial charge < -0.3 is 20.1 Å². The van der Waals surface area contributed by atoms with E-state index in [-0.39, 0.29) is 5.97 Å². The summed E-state index contributed by atoms with van der Waals surface area (Å²) < 4.78 is 10.4. The summed E-state index contributed by atoms with van der Waals surface area (Å²) in [6.45, 7) is 5.81. The van der Waals surface area contributed by atoms with E-state index in [9.17, 15) is 4.79 Å². The third kappa shape index (κ3) is 7.11. The largest absolute Gasteiger partial charge is 0.494 e. The molecule has 0 saturated carbocycles. The normalized spacial score (nSPS) is 10.7. The number of carbonyl (C=O) groups excluding carboxylic acids is 1. The Morgan fingerprint density at radius 1 is 1.33 bits per heavy atom. The number of ether oxygens (including phenoxy) is 2. The zero-order valence-corrected chi connectivity index (χ0v) is 13.0. The van der Waals surface area contributed by atoms with Gasteiger partial charge in [-0.1, -0.05) is 19.1 Å². The molecule has 1 rings (SSSR count). The second kappa shape index (κ2) is 10.2. The number of hydrogen-bond acceptors (Lipinski definition) is 5. The van der Waals surface area contributed by atoms with Gasteiger partial charge in [0, 0.05) is 19.6 Å². The first-order valence-corrected chi connectivity index (χ1v) is 7.40. The number of nitrogens with two attached hydrogens (primary N) is 1. The lowest BCUT2D eigenvalue weighted by Crippen LogP contribution is -2.28. The Hall–Kier alpha value is -1.59. The molecule has 5 heteroatoms. The van der Waals surface area contributed by atoms with Gasteiger partial charge in [0.1, 0.15) is 5.75 Å². The van der Waals surface area contributed by atoms with E-state index in [0.717, 1.165) is 37.4 Å². The highest BCUT2D eigenvalue weighted by Crippen LogP contribution is 2.13. The van der Waals surface area contributed by atoms with Crippen LogP contribution in [0.3, 0.4) is 0 Å². The van der Waals surface area contributed by atoms with E-state index in [1.165, 1.54) is 7.11 Å². The van der Waals surface area contributed by atoms with Crippen molar-refractivity contribution in [2.75, 3.05) is 33.4 Å². The van der Waals surface area contributed by atoms with Crippen LogP contribution in [-0.2, 0) is 16.1 Å². The number of esters is 1. The lowest BCUT2D eigenvalue weighted by Gasteiger charge is -2.19. The lowest BCUT2D eigenvalue weighted by molar-refractivity contribution is -0.140. The summed E-state index contributed by atoms with van der Waals surface area (Å²) in [6.07, 6.45) is 1.35. The van der Waals surface area contributed by atoms with Crippen molar-refractivity contribution in [1.29, 1.82) is 0 Å². The summed E-state index contributed by atoms with van der Waals surface area (Å²) in [5.74, 6) is 0.693.